The number of hydrogen-bond acceptors (Lipinski definition) is 5. The van der Waals surface area contributed by atoms with Gasteiger partial charge in [-0.3, -0.25) is 14.7 Å². The lowest BCUT2D eigenvalue weighted by molar-refractivity contribution is -0.123. The van der Waals surface area contributed by atoms with Crippen LogP contribution in [0.3, 0.4) is 0 Å². The number of amides is 3. The van der Waals surface area contributed by atoms with Gasteiger partial charge in [-0.1, -0.05) is 31.0 Å². The van der Waals surface area contributed by atoms with Crippen LogP contribution in [0.2, 0.25) is 0 Å². The number of rotatable bonds is 5. The monoisotopic (exact) mass is 420 g/mol. The molecular formula is C23H24N4O4. The second-order valence-electron chi connectivity index (χ2n) is 7.61. The Labute approximate surface area is 179 Å². The molecule has 1 aromatic heterocycles. The predicted octanol–water partition coefficient (Wildman–Crippen LogP) is 3.26. The summed E-state index contributed by atoms with van der Waals surface area (Å²) in [5.74, 6) is -0.534. The molecule has 1 heterocycles. The maximum absolute atomic E-state index is 12.4. The van der Waals surface area contributed by atoms with Crippen LogP contribution in [-0.4, -0.2) is 40.1 Å². The van der Waals surface area contributed by atoms with Gasteiger partial charge in [0.25, 0.3) is 5.91 Å². The summed E-state index contributed by atoms with van der Waals surface area (Å²) in [6.07, 6.45) is 3.98. The van der Waals surface area contributed by atoms with Gasteiger partial charge in [-0.25, -0.2) is 14.6 Å². The summed E-state index contributed by atoms with van der Waals surface area (Å²) < 4.78 is 7.07. The normalized spacial score (nSPS) is 13.8. The fraction of sp³-hybridized carbons (Fsp3) is 0.304. The van der Waals surface area contributed by atoms with E-state index in [0.29, 0.717) is 5.52 Å². The van der Waals surface area contributed by atoms with E-state index >= 15 is 0 Å². The molecule has 0 spiro atoms. The van der Waals surface area contributed by atoms with E-state index in [0.717, 1.165) is 42.7 Å². The molecule has 1 saturated carbocycles. The van der Waals surface area contributed by atoms with Gasteiger partial charge in [-0.15, -0.1) is 0 Å². The Kier molecular flexibility index (Phi) is 5.97. The van der Waals surface area contributed by atoms with Gasteiger partial charge in [-0.05, 0) is 50.1 Å². The standard InChI is InChI=1S/C23H24N4O4/c1-15-24-19-13-16(11-12-20(19)27(15)18-9-3-2-4-10-18)22(29)31-14-21(28)26-23(30)25-17-7-5-6-8-17/h2-4,9-13,17H,5-8,14H2,1H3,(H2,25,26,28,30). The number of nitrogens with one attached hydrogen (secondary N) is 2. The molecular weight excluding hydrogens is 396 g/mol. The van der Waals surface area contributed by atoms with Crippen molar-refractivity contribution >= 4 is 28.9 Å². The molecule has 8 nitrogen and oxygen atoms in total. The minimum Gasteiger partial charge on any atom is -0.452 e. The second kappa shape index (κ2) is 8.99. The molecule has 8 heteroatoms. The number of hydrogen-bond donors (Lipinski definition) is 2. The Morgan fingerprint density at radius 1 is 1.10 bits per heavy atom. The first-order chi connectivity index (χ1) is 15.0. The number of imidazole rings is 1. The topological polar surface area (TPSA) is 102 Å². The summed E-state index contributed by atoms with van der Waals surface area (Å²) in [6.45, 7) is 1.36. The number of esters is 1. The summed E-state index contributed by atoms with van der Waals surface area (Å²) in [5.41, 5.74) is 2.77. The molecule has 0 saturated heterocycles. The summed E-state index contributed by atoms with van der Waals surface area (Å²) in [7, 11) is 0. The first-order valence-electron chi connectivity index (χ1n) is 10.3. The molecule has 0 atom stereocenters. The summed E-state index contributed by atoms with van der Waals surface area (Å²) in [5, 5.41) is 4.94. The van der Waals surface area contributed by atoms with Crippen molar-refractivity contribution in [2.45, 2.75) is 38.6 Å². The van der Waals surface area contributed by atoms with E-state index in [1.165, 1.54) is 0 Å². The van der Waals surface area contributed by atoms with E-state index in [1.807, 2.05) is 41.8 Å². The van der Waals surface area contributed by atoms with Crippen molar-refractivity contribution < 1.29 is 19.1 Å². The molecule has 1 fully saturated rings. The van der Waals surface area contributed by atoms with Crippen molar-refractivity contribution in [1.82, 2.24) is 20.2 Å². The maximum atomic E-state index is 12.4. The number of aryl methyl sites for hydroxylation is 1. The largest absolute Gasteiger partial charge is 0.452 e. The third kappa shape index (κ3) is 4.74. The summed E-state index contributed by atoms with van der Waals surface area (Å²) >= 11 is 0. The fourth-order valence-corrected chi connectivity index (χ4v) is 3.90. The SMILES string of the molecule is Cc1nc2cc(C(=O)OCC(=O)NC(=O)NC3CCCC3)ccc2n1-c1ccccc1. The van der Waals surface area contributed by atoms with Gasteiger partial charge in [0.1, 0.15) is 5.82 Å². The van der Waals surface area contributed by atoms with Crippen molar-refractivity contribution in [2.24, 2.45) is 0 Å². The number of carbonyl (C=O) groups is 3. The van der Waals surface area contributed by atoms with Crippen LogP contribution >= 0.6 is 0 Å². The first-order valence-corrected chi connectivity index (χ1v) is 10.3. The second-order valence-corrected chi connectivity index (χ2v) is 7.61. The van der Waals surface area contributed by atoms with E-state index in [2.05, 4.69) is 15.6 Å². The highest BCUT2D eigenvalue weighted by atomic mass is 16.5. The lowest BCUT2D eigenvalue weighted by Crippen LogP contribution is -2.44. The van der Waals surface area contributed by atoms with Crippen molar-refractivity contribution in [2.75, 3.05) is 6.61 Å². The molecule has 1 aliphatic carbocycles. The molecule has 0 bridgehead atoms. The Morgan fingerprint density at radius 3 is 2.58 bits per heavy atom. The smallest absolute Gasteiger partial charge is 0.338 e. The molecule has 31 heavy (non-hydrogen) atoms. The van der Waals surface area contributed by atoms with Gasteiger partial charge in [0, 0.05) is 11.7 Å². The van der Waals surface area contributed by atoms with Crippen molar-refractivity contribution in [3.63, 3.8) is 0 Å². The maximum Gasteiger partial charge on any atom is 0.338 e. The number of nitrogens with zero attached hydrogens (tertiary/aromatic N) is 2. The van der Waals surface area contributed by atoms with Gasteiger partial charge < -0.3 is 10.1 Å². The van der Waals surface area contributed by atoms with Crippen LogP contribution in [0.25, 0.3) is 16.7 Å². The predicted molar refractivity (Wildman–Crippen MR) is 115 cm³/mol. The summed E-state index contributed by atoms with van der Waals surface area (Å²) in [4.78, 5) is 40.7. The third-order valence-corrected chi connectivity index (χ3v) is 5.35. The Hall–Kier alpha value is -3.68. The molecule has 0 radical (unpaired) electrons. The van der Waals surface area contributed by atoms with E-state index in [-0.39, 0.29) is 11.6 Å². The minimum atomic E-state index is -0.672. The van der Waals surface area contributed by atoms with Crippen LogP contribution in [0.4, 0.5) is 4.79 Å². The fourth-order valence-electron chi connectivity index (χ4n) is 3.90. The number of aromatic nitrogens is 2. The molecule has 0 aliphatic heterocycles. The lowest BCUT2D eigenvalue weighted by atomic mass is 10.2. The van der Waals surface area contributed by atoms with Gasteiger partial charge in [0.15, 0.2) is 6.61 Å². The van der Waals surface area contributed by atoms with Crippen LogP contribution in [0.15, 0.2) is 48.5 Å². The van der Waals surface area contributed by atoms with Gasteiger partial charge in [0.05, 0.1) is 16.6 Å². The molecule has 4 rings (SSSR count). The highest BCUT2D eigenvalue weighted by Crippen LogP contribution is 2.22. The van der Waals surface area contributed by atoms with Crippen LogP contribution in [0.5, 0.6) is 0 Å². The number of benzene rings is 2. The highest BCUT2D eigenvalue weighted by molar-refractivity contribution is 5.98. The van der Waals surface area contributed by atoms with E-state index in [4.69, 9.17) is 4.74 Å². The highest BCUT2D eigenvalue weighted by Gasteiger charge is 2.19. The lowest BCUT2D eigenvalue weighted by Gasteiger charge is -2.12. The van der Waals surface area contributed by atoms with E-state index in [9.17, 15) is 14.4 Å². The number of urea groups is 1. The zero-order chi connectivity index (χ0) is 21.8. The van der Waals surface area contributed by atoms with Gasteiger partial charge in [-0.2, -0.15) is 0 Å². The zero-order valence-electron chi connectivity index (χ0n) is 17.3. The molecule has 3 aromatic rings. The molecule has 2 aromatic carbocycles. The van der Waals surface area contributed by atoms with Gasteiger partial charge >= 0.3 is 12.0 Å². The number of para-hydroxylation sites is 1. The Bertz CT molecular complexity index is 1120. The van der Waals surface area contributed by atoms with Crippen molar-refractivity contribution in [1.29, 1.82) is 0 Å². The van der Waals surface area contributed by atoms with E-state index < -0.39 is 24.5 Å². The Balaban J connectivity index is 1.38. The molecule has 0 unspecified atom stereocenters. The average molecular weight is 420 g/mol. The van der Waals surface area contributed by atoms with Crippen molar-refractivity contribution in [3.8, 4) is 5.69 Å². The number of imide groups is 1. The van der Waals surface area contributed by atoms with Crippen LogP contribution < -0.4 is 10.6 Å². The number of fused-ring (bicyclic) bond motifs is 1. The first kappa shape index (κ1) is 20.6. The Morgan fingerprint density at radius 2 is 1.84 bits per heavy atom. The van der Waals surface area contributed by atoms with Crippen LogP contribution in [0.1, 0.15) is 41.9 Å². The molecule has 160 valence electrons. The van der Waals surface area contributed by atoms with Crippen LogP contribution in [-0.2, 0) is 9.53 Å². The van der Waals surface area contributed by atoms with Crippen LogP contribution in [0, 0.1) is 6.92 Å². The van der Waals surface area contributed by atoms with Gasteiger partial charge in [0.2, 0.25) is 0 Å². The quantitative estimate of drug-likeness (QED) is 0.617. The minimum absolute atomic E-state index is 0.0984. The third-order valence-electron chi connectivity index (χ3n) is 5.35. The van der Waals surface area contributed by atoms with E-state index in [1.54, 1.807) is 18.2 Å². The zero-order valence-corrected chi connectivity index (χ0v) is 17.3. The number of ether oxygens (including phenoxy) is 1. The molecule has 1 aliphatic rings. The average Bonchev–Trinajstić information content (AvgIpc) is 3.38. The van der Waals surface area contributed by atoms with Crippen molar-refractivity contribution in [3.05, 3.63) is 59.9 Å². The molecule has 2 N–H and O–H groups in total. The summed E-state index contributed by atoms with van der Waals surface area (Å²) in [6, 6.07) is 14.4. The number of carbonyl (C=O) groups excluding carboxylic acids is 3. The molecule has 3 amide bonds.